The summed E-state index contributed by atoms with van der Waals surface area (Å²) < 4.78 is 59.7. The second-order valence-corrected chi connectivity index (χ2v) is 11.8. The molecule has 4 aromatic rings. The lowest BCUT2D eigenvalue weighted by molar-refractivity contribution is -0.154. The molecule has 13 nitrogen and oxygen atoms in total. The standard InChI is InChI=1S/C29H34ClF3N10O3/c1-20(16-42-19-36-39-40-42)46-25-13-21(5-6-23(25)30)22-14-34-27(35-15-22)37-24-17-43(38-26(24)45-18-29(31,32)33)28(7-3-2-4-8-28)41-9-11-44-12-10-41/h5-6,13-15,17,19-20H,2-4,7-12,16,18H2,1H3,(H,34,35,37). The highest BCUT2D eigenvalue weighted by atomic mass is 35.5. The molecule has 4 heterocycles. The second kappa shape index (κ2) is 13.8. The van der Waals surface area contributed by atoms with Crippen molar-refractivity contribution < 1.29 is 27.4 Å². The fraction of sp³-hybridized carbons (Fsp3) is 0.517. The SMILES string of the molecule is CC(Cn1cnnn1)Oc1cc(-c2cnc(Nc3cn(C4(N5CCOCC5)CCCCC4)nc3OCC(F)(F)F)nc2)ccc1Cl. The van der Waals surface area contributed by atoms with E-state index in [1.54, 1.807) is 40.1 Å². The Morgan fingerprint density at radius 1 is 1.09 bits per heavy atom. The summed E-state index contributed by atoms with van der Waals surface area (Å²) in [5, 5.41) is 19.1. The normalized spacial score (nSPS) is 17.8. The van der Waals surface area contributed by atoms with Crippen LogP contribution in [0.3, 0.4) is 0 Å². The Morgan fingerprint density at radius 3 is 2.54 bits per heavy atom. The number of benzene rings is 1. The van der Waals surface area contributed by atoms with Crippen LogP contribution in [0.25, 0.3) is 11.1 Å². The van der Waals surface area contributed by atoms with Crippen LogP contribution in [0, 0.1) is 0 Å². The van der Waals surface area contributed by atoms with Gasteiger partial charge in [-0.25, -0.2) is 19.3 Å². The summed E-state index contributed by atoms with van der Waals surface area (Å²) >= 11 is 6.40. The van der Waals surface area contributed by atoms with Crippen molar-refractivity contribution in [3.8, 4) is 22.8 Å². The Balaban J connectivity index is 1.22. The van der Waals surface area contributed by atoms with Gasteiger partial charge >= 0.3 is 6.18 Å². The highest BCUT2D eigenvalue weighted by Gasteiger charge is 2.42. The van der Waals surface area contributed by atoms with Gasteiger partial charge in [-0.05, 0) is 60.7 Å². The number of tetrazole rings is 1. The number of nitrogens with one attached hydrogen (secondary N) is 1. The van der Waals surface area contributed by atoms with E-state index >= 15 is 0 Å². The minimum atomic E-state index is -4.53. The van der Waals surface area contributed by atoms with Gasteiger partial charge in [-0.2, -0.15) is 13.2 Å². The second-order valence-electron chi connectivity index (χ2n) is 11.4. The molecule has 1 aromatic carbocycles. The van der Waals surface area contributed by atoms with E-state index in [2.05, 4.69) is 40.8 Å². The van der Waals surface area contributed by atoms with Crippen molar-refractivity contribution in [2.75, 3.05) is 38.2 Å². The average Bonchev–Trinajstić information content (AvgIpc) is 3.72. The van der Waals surface area contributed by atoms with Crippen molar-refractivity contribution in [3.63, 3.8) is 0 Å². The van der Waals surface area contributed by atoms with Crippen LogP contribution in [0.1, 0.15) is 39.0 Å². The maximum atomic E-state index is 13.2. The topological polar surface area (TPSA) is 130 Å². The molecule has 1 atom stereocenters. The number of halogens is 4. The molecule has 17 heteroatoms. The van der Waals surface area contributed by atoms with E-state index in [0.29, 0.717) is 49.2 Å². The first-order valence-corrected chi connectivity index (χ1v) is 15.5. The minimum Gasteiger partial charge on any atom is -0.487 e. The number of rotatable bonds is 11. The molecule has 0 radical (unpaired) electrons. The van der Waals surface area contributed by atoms with Crippen LogP contribution < -0.4 is 14.8 Å². The molecule has 1 saturated heterocycles. The maximum absolute atomic E-state index is 13.2. The number of anilines is 2. The highest BCUT2D eigenvalue weighted by molar-refractivity contribution is 6.32. The van der Waals surface area contributed by atoms with Crippen LogP contribution in [0.15, 0.2) is 43.1 Å². The molecule has 1 aliphatic carbocycles. The third kappa shape index (κ3) is 7.50. The molecule has 1 N–H and O–H groups in total. The summed E-state index contributed by atoms with van der Waals surface area (Å²) in [5.41, 5.74) is 1.19. The van der Waals surface area contributed by atoms with Gasteiger partial charge < -0.3 is 19.5 Å². The number of morpholine rings is 1. The molecule has 0 amide bonds. The monoisotopic (exact) mass is 662 g/mol. The van der Waals surface area contributed by atoms with Crippen LogP contribution in [0.5, 0.6) is 11.6 Å². The number of aromatic nitrogens is 8. The molecular formula is C29H34ClF3N10O3. The summed E-state index contributed by atoms with van der Waals surface area (Å²) in [6, 6.07) is 5.32. The molecular weight excluding hydrogens is 629 g/mol. The van der Waals surface area contributed by atoms with Crippen molar-refractivity contribution in [3.05, 3.63) is 48.1 Å². The zero-order valence-electron chi connectivity index (χ0n) is 25.2. The lowest BCUT2D eigenvalue weighted by atomic mass is 9.87. The van der Waals surface area contributed by atoms with Gasteiger partial charge in [0.1, 0.15) is 29.5 Å². The highest BCUT2D eigenvalue weighted by Crippen LogP contribution is 2.41. The third-order valence-corrected chi connectivity index (χ3v) is 8.37. The molecule has 1 saturated carbocycles. The van der Waals surface area contributed by atoms with Crippen molar-refractivity contribution in [1.29, 1.82) is 0 Å². The van der Waals surface area contributed by atoms with E-state index in [1.165, 1.54) is 6.33 Å². The molecule has 2 aliphatic rings. The quantitative estimate of drug-likeness (QED) is 0.231. The third-order valence-electron chi connectivity index (χ3n) is 8.06. The lowest BCUT2D eigenvalue weighted by Crippen LogP contribution is -2.56. The zero-order valence-corrected chi connectivity index (χ0v) is 25.9. The Bertz CT molecular complexity index is 1570. The first kappa shape index (κ1) is 31.9. The fourth-order valence-corrected chi connectivity index (χ4v) is 6.08. The number of hydrogen-bond donors (Lipinski definition) is 1. The number of ether oxygens (including phenoxy) is 3. The first-order chi connectivity index (χ1) is 22.2. The lowest BCUT2D eigenvalue weighted by Gasteiger charge is -2.47. The Kier molecular flexibility index (Phi) is 9.56. The number of alkyl halides is 3. The smallest absolute Gasteiger partial charge is 0.422 e. The first-order valence-electron chi connectivity index (χ1n) is 15.1. The predicted octanol–water partition coefficient (Wildman–Crippen LogP) is 5.08. The zero-order chi connectivity index (χ0) is 32.1. The molecule has 0 spiro atoms. The summed E-state index contributed by atoms with van der Waals surface area (Å²) in [6.45, 7) is 3.43. The summed E-state index contributed by atoms with van der Waals surface area (Å²) in [7, 11) is 0. The van der Waals surface area contributed by atoms with Gasteiger partial charge in [-0.1, -0.05) is 24.1 Å². The van der Waals surface area contributed by atoms with Gasteiger partial charge in [0, 0.05) is 31.0 Å². The summed E-state index contributed by atoms with van der Waals surface area (Å²) in [6.07, 6.45) is 6.30. The van der Waals surface area contributed by atoms with Crippen molar-refractivity contribution in [2.24, 2.45) is 0 Å². The van der Waals surface area contributed by atoms with E-state index in [9.17, 15) is 13.2 Å². The summed E-state index contributed by atoms with van der Waals surface area (Å²) in [5.74, 6) is 0.473. The van der Waals surface area contributed by atoms with Gasteiger partial charge in [0.05, 0.1) is 31.0 Å². The van der Waals surface area contributed by atoms with Gasteiger partial charge in [-0.3, -0.25) is 4.90 Å². The Hall–Kier alpha value is -4.02. The van der Waals surface area contributed by atoms with E-state index in [0.717, 1.165) is 37.7 Å². The molecule has 246 valence electrons. The van der Waals surface area contributed by atoms with Crippen LogP contribution in [-0.2, 0) is 16.9 Å². The van der Waals surface area contributed by atoms with E-state index in [-0.39, 0.29) is 23.6 Å². The largest absolute Gasteiger partial charge is 0.487 e. The number of hydrogen-bond acceptors (Lipinski definition) is 11. The van der Waals surface area contributed by atoms with Gasteiger partial charge in [0.25, 0.3) is 5.88 Å². The fourth-order valence-electron chi connectivity index (χ4n) is 5.92. The molecule has 46 heavy (non-hydrogen) atoms. The average molecular weight is 663 g/mol. The maximum Gasteiger partial charge on any atom is 0.422 e. The molecule has 1 aliphatic heterocycles. The Morgan fingerprint density at radius 2 is 1.85 bits per heavy atom. The van der Waals surface area contributed by atoms with Crippen LogP contribution in [0.2, 0.25) is 5.02 Å². The van der Waals surface area contributed by atoms with Crippen LogP contribution in [-0.4, -0.2) is 90.0 Å². The molecule has 1 unspecified atom stereocenters. The summed E-state index contributed by atoms with van der Waals surface area (Å²) in [4.78, 5) is 11.2. The van der Waals surface area contributed by atoms with Crippen molar-refractivity contribution in [2.45, 2.75) is 63.5 Å². The van der Waals surface area contributed by atoms with E-state index in [1.807, 2.05) is 13.0 Å². The molecule has 2 fully saturated rings. The number of nitrogens with zero attached hydrogens (tertiary/aromatic N) is 9. The van der Waals surface area contributed by atoms with Crippen molar-refractivity contribution in [1.82, 2.24) is 44.9 Å². The van der Waals surface area contributed by atoms with E-state index in [4.69, 9.17) is 25.8 Å². The van der Waals surface area contributed by atoms with E-state index < -0.39 is 18.4 Å². The van der Waals surface area contributed by atoms with Gasteiger partial charge in [0.15, 0.2) is 6.61 Å². The van der Waals surface area contributed by atoms with Gasteiger partial charge in [0.2, 0.25) is 5.95 Å². The van der Waals surface area contributed by atoms with Crippen molar-refractivity contribution >= 4 is 23.2 Å². The Labute approximate surface area is 268 Å². The molecule has 0 bridgehead atoms. The minimum absolute atomic E-state index is 0.168. The van der Waals surface area contributed by atoms with Crippen LogP contribution >= 0.6 is 11.6 Å². The van der Waals surface area contributed by atoms with Crippen LogP contribution in [0.4, 0.5) is 24.8 Å². The molecule has 6 rings (SSSR count). The molecule has 3 aromatic heterocycles. The predicted molar refractivity (Wildman–Crippen MR) is 161 cm³/mol. The van der Waals surface area contributed by atoms with Gasteiger partial charge in [-0.15, -0.1) is 10.2 Å².